The summed E-state index contributed by atoms with van der Waals surface area (Å²) in [5.74, 6) is 0.0667. The van der Waals surface area contributed by atoms with Crippen LogP contribution in [0.1, 0.15) is 31.4 Å². The number of hydrogen-bond donors (Lipinski definition) is 1. The van der Waals surface area contributed by atoms with Crippen LogP contribution in [0.3, 0.4) is 0 Å². The van der Waals surface area contributed by atoms with Crippen LogP contribution in [0.2, 0.25) is 0 Å². The molecule has 1 amide bonds. The normalized spacial score (nSPS) is 12.6. The highest BCUT2D eigenvalue weighted by molar-refractivity contribution is 7.80. The molecular weight excluding hydrogens is 254 g/mol. The number of likely N-dealkylation sites (N-methyl/N-ethyl adjacent to an activating group) is 1. The van der Waals surface area contributed by atoms with Crippen LogP contribution in [0, 0.1) is 6.92 Å². The molecule has 0 heterocycles. The van der Waals surface area contributed by atoms with E-state index in [1.54, 1.807) is 6.08 Å². The molecule has 1 aromatic rings. The summed E-state index contributed by atoms with van der Waals surface area (Å²) in [7, 11) is 0. The summed E-state index contributed by atoms with van der Waals surface area (Å²) in [5.41, 5.74) is 2.28. The number of carbonyl (C=O) groups excluding carboxylic acids is 1. The molecule has 2 nitrogen and oxygen atoms in total. The van der Waals surface area contributed by atoms with E-state index in [0.717, 1.165) is 25.1 Å². The van der Waals surface area contributed by atoms with E-state index in [4.69, 9.17) is 0 Å². The third kappa shape index (κ3) is 5.97. The summed E-state index contributed by atoms with van der Waals surface area (Å²) >= 11 is 4.34. The van der Waals surface area contributed by atoms with Gasteiger partial charge < -0.3 is 4.90 Å². The molecule has 0 aliphatic rings. The standard InChI is InChI=1S/C16H23NOS/c1-4-17(12-11-14(3)19)16(18)10-9-15-7-5-13(2)6-8-15/h5-10,14,19H,4,11-12H2,1-3H3/b10-9+. The Morgan fingerprint density at radius 3 is 2.53 bits per heavy atom. The van der Waals surface area contributed by atoms with Gasteiger partial charge in [0.15, 0.2) is 0 Å². The van der Waals surface area contributed by atoms with Crippen LogP contribution in [-0.2, 0) is 4.79 Å². The second-order valence-corrected chi connectivity index (χ2v) is 5.68. The third-order valence-corrected chi connectivity index (χ3v) is 3.26. The highest BCUT2D eigenvalue weighted by Crippen LogP contribution is 2.07. The third-order valence-electron chi connectivity index (χ3n) is 3.01. The Morgan fingerprint density at radius 1 is 1.37 bits per heavy atom. The minimum absolute atomic E-state index is 0.0667. The van der Waals surface area contributed by atoms with Crippen LogP contribution >= 0.6 is 12.6 Å². The Hall–Kier alpha value is -1.22. The average Bonchev–Trinajstić information content (AvgIpc) is 2.38. The van der Waals surface area contributed by atoms with E-state index >= 15 is 0 Å². The first-order valence-electron chi connectivity index (χ1n) is 6.74. The molecule has 0 aliphatic carbocycles. The first-order valence-corrected chi connectivity index (χ1v) is 7.26. The van der Waals surface area contributed by atoms with Gasteiger partial charge in [0.2, 0.25) is 5.91 Å². The molecule has 0 aliphatic heterocycles. The van der Waals surface area contributed by atoms with E-state index < -0.39 is 0 Å². The van der Waals surface area contributed by atoms with Gasteiger partial charge >= 0.3 is 0 Å². The first-order chi connectivity index (χ1) is 9.02. The maximum absolute atomic E-state index is 12.0. The van der Waals surface area contributed by atoms with Crippen molar-refractivity contribution in [3.05, 3.63) is 41.5 Å². The van der Waals surface area contributed by atoms with Crippen molar-refractivity contribution in [3.63, 3.8) is 0 Å². The summed E-state index contributed by atoms with van der Waals surface area (Å²) in [6.45, 7) is 7.59. The number of aryl methyl sites for hydroxylation is 1. The number of rotatable bonds is 6. The second-order valence-electron chi connectivity index (χ2n) is 4.80. The number of thiol groups is 1. The molecule has 104 valence electrons. The van der Waals surface area contributed by atoms with Gasteiger partial charge in [-0.2, -0.15) is 12.6 Å². The van der Waals surface area contributed by atoms with Crippen molar-refractivity contribution in [2.75, 3.05) is 13.1 Å². The molecular formula is C16H23NOS. The molecule has 0 bridgehead atoms. The lowest BCUT2D eigenvalue weighted by Gasteiger charge is -2.19. The molecule has 1 rings (SSSR count). The minimum atomic E-state index is 0.0667. The number of hydrogen-bond acceptors (Lipinski definition) is 2. The topological polar surface area (TPSA) is 20.3 Å². The molecule has 0 N–H and O–H groups in total. The average molecular weight is 277 g/mol. The summed E-state index contributed by atoms with van der Waals surface area (Å²) in [6.07, 6.45) is 4.44. The first kappa shape index (κ1) is 15.8. The highest BCUT2D eigenvalue weighted by Gasteiger charge is 2.08. The van der Waals surface area contributed by atoms with Crippen LogP contribution in [0.15, 0.2) is 30.3 Å². The predicted molar refractivity (Wildman–Crippen MR) is 85.5 cm³/mol. The number of nitrogens with zero attached hydrogens (tertiary/aromatic N) is 1. The molecule has 0 saturated carbocycles. The van der Waals surface area contributed by atoms with Crippen LogP contribution < -0.4 is 0 Å². The van der Waals surface area contributed by atoms with Crippen molar-refractivity contribution in [2.24, 2.45) is 0 Å². The number of amides is 1. The molecule has 1 atom stereocenters. The zero-order chi connectivity index (χ0) is 14.3. The molecule has 0 spiro atoms. The lowest BCUT2D eigenvalue weighted by molar-refractivity contribution is -0.125. The highest BCUT2D eigenvalue weighted by atomic mass is 32.1. The molecule has 1 aromatic carbocycles. The van der Waals surface area contributed by atoms with Crippen LogP contribution in [0.25, 0.3) is 6.08 Å². The Morgan fingerprint density at radius 2 is 2.00 bits per heavy atom. The van der Waals surface area contributed by atoms with Crippen LogP contribution in [0.5, 0.6) is 0 Å². The summed E-state index contributed by atoms with van der Waals surface area (Å²) in [4.78, 5) is 13.9. The monoisotopic (exact) mass is 277 g/mol. The molecule has 0 aromatic heterocycles. The Bertz CT molecular complexity index is 423. The van der Waals surface area contributed by atoms with E-state index in [1.165, 1.54) is 5.56 Å². The van der Waals surface area contributed by atoms with Crippen molar-refractivity contribution in [1.82, 2.24) is 4.90 Å². The molecule has 19 heavy (non-hydrogen) atoms. The molecule has 0 radical (unpaired) electrons. The molecule has 1 unspecified atom stereocenters. The molecule has 0 fully saturated rings. The smallest absolute Gasteiger partial charge is 0.246 e. The van der Waals surface area contributed by atoms with Crippen LogP contribution in [0.4, 0.5) is 0 Å². The van der Waals surface area contributed by atoms with Crippen molar-refractivity contribution < 1.29 is 4.79 Å². The fourth-order valence-corrected chi connectivity index (χ4v) is 1.83. The quantitative estimate of drug-likeness (QED) is 0.622. The van der Waals surface area contributed by atoms with E-state index in [1.807, 2.05) is 49.1 Å². The number of benzene rings is 1. The van der Waals surface area contributed by atoms with Crippen molar-refractivity contribution in [2.45, 2.75) is 32.4 Å². The Labute approximate surface area is 121 Å². The summed E-state index contributed by atoms with van der Waals surface area (Å²) in [6, 6.07) is 8.13. The zero-order valence-corrected chi connectivity index (χ0v) is 12.9. The van der Waals surface area contributed by atoms with Crippen molar-refractivity contribution in [3.8, 4) is 0 Å². The van der Waals surface area contributed by atoms with Gasteiger partial charge in [0.05, 0.1) is 0 Å². The fraction of sp³-hybridized carbons (Fsp3) is 0.438. The zero-order valence-electron chi connectivity index (χ0n) is 12.0. The van der Waals surface area contributed by atoms with Gasteiger partial charge in [0, 0.05) is 24.4 Å². The summed E-state index contributed by atoms with van der Waals surface area (Å²) < 4.78 is 0. The summed E-state index contributed by atoms with van der Waals surface area (Å²) in [5, 5.41) is 0.322. The lowest BCUT2D eigenvalue weighted by atomic mass is 10.1. The molecule has 0 saturated heterocycles. The van der Waals surface area contributed by atoms with E-state index in [0.29, 0.717) is 5.25 Å². The molecule has 3 heteroatoms. The largest absolute Gasteiger partial charge is 0.339 e. The Kier molecular flexibility index (Phi) is 6.71. The lowest BCUT2D eigenvalue weighted by Crippen LogP contribution is -2.31. The maximum Gasteiger partial charge on any atom is 0.246 e. The van der Waals surface area contributed by atoms with E-state index in [-0.39, 0.29) is 5.91 Å². The predicted octanol–water partition coefficient (Wildman–Crippen LogP) is 3.57. The maximum atomic E-state index is 12.0. The van der Waals surface area contributed by atoms with Crippen LogP contribution in [-0.4, -0.2) is 29.1 Å². The van der Waals surface area contributed by atoms with Gasteiger partial charge in [-0.3, -0.25) is 4.79 Å². The van der Waals surface area contributed by atoms with Gasteiger partial charge in [-0.1, -0.05) is 36.8 Å². The van der Waals surface area contributed by atoms with Crippen molar-refractivity contribution in [1.29, 1.82) is 0 Å². The van der Waals surface area contributed by atoms with E-state index in [2.05, 4.69) is 19.6 Å². The second kappa shape index (κ2) is 8.05. The van der Waals surface area contributed by atoms with Crippen molar-refractivity contribution >= 4 is 24.6 Å². The minimum Gasteiger partial charge on any atom is -0.339 e. The van der Waals surface area contributed by atoms with Gasteiger partial charge in [0.25, 0.3) is 0 Å². The van der Waals surface area contributed by atoms with Gasteiger partial charge in [0.1, 0.15) is 0 Å². The van der Waals surface area contributed by atoms with Gasteiger partial charge in [-0.15, -0.1) is 0 Å². The van der Waals surface area contributed by atoms with E-state index in [9.17, 15) is 4.79 Å². The number of carbonyl (C=O) groups is 1. The van der Waals surface area contributed by atoms with Gasteiger partial charge in [-0.25, -0.2) is 0 Å². The SMILES string of the molecule is CCN(CCC(C)S)C(=O)/C=C/c1ccc(C)cc1. The van der Waals surface area contributed by atoms with Gasteiger partial charge in [-0.05, 0) is 31.9 Å². The Balaban J connectivity index is 2.58. The fourth-order valence-electron chi connectivity index (χ4n) is 1.72.